The smallest absolute Gasteiger partial charge is 0.00966 e. The minimum atomic E-state index is 0.278. The van der Waals surface area contributed by atoms with Gasteiger partial charge in [0.15, 0.2) is 0 Å². The minimum absolute atomic E-state index is 0.278. The minimum Gasteiger partial charge on any atom is -0.317 e. The van der Waals surface area contributed by atoms with E-state index in [0.29, 0.717) is 0 Å². The zero-order valence-electron chi connectivity index (χ0n) is 10.2. The maximum Gasteiger partial charge on any atom is 0.00966 e. The van der Waals surface area contributed by atoms with Crippen LogP contribution in [0.5, 0.6) is 0 Å². The van der Waals surface area contributed by atoms with Crippen molar-refractivity contribution in [2.45, 2.75) is 58.0 Å². The lowest BCUT2D eigenvalue weighted by Gasteiger charge is -2.31. The second kappa shape index (κ2) is 5.13. The Labute approximate surface area is 88.8 Å². The summed E-state index contributed by atoms with van der Waals surface area (Å²) in [5.74, 6) is 0.902. The Hall–Kier alpha value is -0.0800. The van der Waals surface area contributed by atoms with Crippen LogP contribution in [0.2, 0.25) is 0 Å². The SMILES string of the molecule is CNC1CCC(CNC(C)(C)C)CC1. The Bertz CT molecular complexity index is 152. The van der Waals surface area contributed by atoms with E-state index in [1.165, 1.54) is 32.2 Å². The summed E-state index contributed by atoms with van der Waals surface area (Å²) in [6.45, 7) is 7.92. The molecule has 14 heavy (non-hydrogen) atoms. The molecular weight excluding hydrogens is 172 g/mol. The second-order valence-corrected chi connectivity index (χ2v) is 5.64. The fourth-order valence-corrected chi connectivity index (χ4v) is 2.11. The van der Waals surface area contributed by atoms with E-state index in [4.69, 9.17) is 0 Å². The summed E-state index contributed by atoms with van der Waals surface area (Å²) in [6.07, 6.45) is 5.48. The first-order valence-electron chi connectivity index (χ1n) is 5.93. The molecule has 0 heterocycles. The van der Waals surface area contributed by atoms with Gasteiger partial charge in [-0.15, -0.1) is 0 Å². The third-order valence-corrected chi connectivity index (χ3v) is 3.18. The molecule has 1 rings (SSSR count). The van der Waals surface area contributed by atoms with Crippen LogP contribution in [0.1, 0.15) is 46.5 Å². The van der Waals surface area contributed by atoms with Crippen LogP contribution in [0.25, 0.3) is 0 Å². The van der Waals surface area contributed by atoms with Crippen molar-refractivity contribution in [2.75, 3.05) is 13.6 Å². The molecule has 84 valence electrons. The fraction of sp³-hybridized carbons (Fsp3) is 1.00. The number of rotatable bonds is 3. The number of hydrogen-bond acceptors (Lipinski definition) is 2. The summed E-state index contributed by atoms with van der Waals surface area (Å²) in [5, 5.41) is 6.98. The average Bonchev–Trinajstić information content (AvgIpc) is 2.14. The molecule has 2 N–H and O–H groups in total. The average molecular weight is 198 g/mol. The van der Waals surface area contributed by atoms with E-state index in [1.54, 1.807) is 0 Å². The molecule has 1 aliphatic carbocycles. The van der Waals surface area contributed by atoms with E-state index in [1.807, 2.05) is 0 Å². The van der Waals surface area contributed by atoms with E-state index in [0.717, 1.165) is 12.0 Å². The van der Waals surface area contributed by atoms with Gasteiger partial charge in [-0.25, -0.2) is 0 Å². The molecule has 0 aromatic rings. The van der Waals surface area contributed by atoms with Crippen molar-refractivity contribution in [1.82, 2.24) is 10.6 Å². The lowest BCUT2D eigenvalue weighted by molar-refractivity contribution is 0.271. The molecule has 1 fully saturated rings. The molecule has 2 nitrogen and oxygen atoms in total. The highest BCUT2D eigenvalue weighted by Crippen LogP contribution is 2.23. The van der Waals surface area contributed by atoms with Crippen LogP contribution in [-0.4, -0.2) is 25.2 Å². The van der Waals surface area contributed by atoms with E-state index in [9.17, 15) is 0 Å². The lowest BCUT2D eigenvalue weighted by atomic mass is 9.85. The molecule has 0 atom stereocenters. The highest BCUT2D eigenvalue weighted by Gasteiger charge is 2.21. The van der Waals surface area contributed by atoms with Crippen molar-refractivity contribution in [2.24, 2.45) is 5.92 Å². The Morgan fingerprint density at radius 1 is 1.07 bits per heavy atom. The lowest BCUT2D eigenvalue weighted by Crippen LogP contribution is -2.41. The van der Waals surface area contributed by atoms with Gasteiger partial charge < -0.3 is 10.6 Å². The summed E-state index contributed by atoms with van der Waals surface area (Å²) < 4.78 is 0. The van der Waals surface area contributed by atoms with Crippen molar-refractivity contribution in [3.63, 3.8) is 0 Å². The first kappa shape index (κ1) is 12.0. The van der Waals surface area contributed by atoms with Crippen LogP contribution >= 0.6 is 0 Å². The summed E-state index contributed by atoms with van der Waals surface area (Å²) in [5.41, 5.74) is 0.278. The molecule has 1 aliphatic rings. The molecule has 0 unspecified atom stereocenters. The summed E-state index contributed by atoms with van der Waals surface area (Å²) in [6, 6.07) is 0.779. The van der Waals surface area contributed by atoms with Gasteiger partial charge in [0.25, 0.3) is 0 Å². The van der Waals surface area contributed by atoms with Gasteiger partial charge in [-0.2, -0.15) is 0 Å². The van der Waals surface area contributed by atoms with Gasteiger partial charge in [-0.05, 0) is 66.0 Å². The third-order valence-electron chi connectivity index (χ3n) is 3.18. The zero-order chi connectivity index (χ0) is 10.6. The summed E-state index contributed by atoms with van der Waals surface area (Å²) >= 11 is 0. The predicted molar refractivity (Wildman–Crippen MR) is 62.6 cm³/mol. The maximum atomic E-state index is 3.60. The van der Waals surface area contributed by atoms with Crippen molar-refractivity contribution < 1.29 is 0 Å². The topological polar surface area (TPSA) is 24.1 Å². The molecule has 1 saturated carbocycles. The van der Waals surface area contributed by atoms with Crippen molar-refractivity contribution in [1.29, 1.82) is 0 Å². The molecule has 0 aliphatic heterocycles. The van der Waals surface area contributed by atoms with Crippen molar-refractivity contribution >= 4 is 0 Å². The molecule has 0 bridgehead atoms. The van der Waals surface area contributed by atoms with Gasteiger partial charge in [-0.3, -0.25) is 0 Å². The Kier molecular flexibility index (Phi) is 4.39. The third kappa shape index (κ3) is 4.43. The maximum absolute atomic E-state index is 3.60. The Morgan fingerprint density at radius 2 is 1.64 bits per heavy atom. The van der Waals surface area contributed by atoms with Crippen LogP contribution in [0.15, 0.2) is 0 Å². The van der Waals surface area contributed by atoms with Gasteiger partial charge in [-0.1, -0.05) is 0 Å². The highest BCUT2D eigenvalue weighted by molar-refractivity contribution is 4.79. The number of nitrogens with one attached hydrogen (secondary N) is 2. The van der Waals surface area contributed by atoms with Crippen LogP contribution in [-0.2, 0) is 0 Å². The quantitative estimate of drug-likeness (QED) is 0.726. The Morgan fingerprint density at radius 3 is 2.07 bits per heavy atom. The van der Waals surface area contributed by atoms with Gasteiger partial charge in [0.05, 0.1) is 0 Å². The summed E-state index contributed by atoms with van der Waals surface area (Å²) in [4.78, 5) is 0. The monoisotopic (exact) mass is 198 g/mol. The van der Waals surface area contributed by atoms with Gasteiger partial charge in [0, 0.05) is 11.6 Å². The second-order valence-electron chi connectivity index (χ2n) is 5.64. The first-order valence-corrected chi connectivity index (χ1v) is 5.93. The molecule has 0 aromatic heterocycles. The first-order chi connectivity index (χ1) is 6.51. The molecule has 0 radical (unpaired) electrons. The molecule has 2 heteroatoms. The van der Waals surface area contributed by atoms with Gasteiger partial charge >= 0.3 is 0 Å². The van der Waals surface area contributed by atoms with E-state index in [2.05, 4.69) is 38.5 Å². The van der Waals surface area contributed by atoms with Gasteiger partial charge in [0.1, 0.15) is 0 Å². The molecule has 0 amide bonds. The van der Waals surface area contributed by atoms with Crippen molar-refractivity contribution in [3.05, 3.63) is 0 Å². The predicted octanol–water partition coefficient (Wildman–Crippen LogP) is 2.15. The van der Waals surface area contributed by atoms with Gasteiger partial charge in [0.2, 0.25) is 0 Å². The summed E-state index contributed by atoms with van der Waals surface area (Å²) in [7, 11) is 2.08. The van der Waals surface area contributed by atoms with E-state index >= 15 is 0 Å². The molecule has 0 saturated heterocycles. The molecule has 0 aromatic carbocycles. The molecule has 0 spiro atoms. The van der Waals surface area contributed by atoms with Crippen molar-refractivity contribution in [3.8, 4) is 0 Å². The zero-order valence-corrected chi connectivity index (χ0v) is 10.2. The van der Waals surface area contributed by atoms with Crippen LogP contribution in [0.4, 0.5) is 0 Å². The van der Waals surface area contributed by atoms with Crippen LogP contribution < -0.4 is 10.6 Å². The fourth-order valence-electron chi connectivity index (χ4n) is 2.11. The van der Waals surface area contributed by atoms with E-state index in [-0.39, 0.29) is 5.54 Å². The standard InChI is InChI=1S/C12H26N2/c1-12(2,3)14-9-10-5-7-11(13-4)8-6-10/h10-11,13-14H,5-9H2,1-4H3. The van der Waals surface area contributed by atoms with Crippen LogP contribution in [0, 0.1) is 5.92 Å². The number of hydrogen-bond donors (Lipinski definition) is 2. The largest absolute Gasteiger partial charge is 0.317 e. The normalized spacial score (nSPS) is 29.1. The molecular formula is C12H26N2. The van der Waals surface area contributed by atoms with Crippen LogP contribution in [0.3, 0.4) is 0 Å². The van der Waals surface area contributed by atoms with E-state index < -0.39 is 0 Å². The Balaban J connectivity index is 2.16. The highest BCUT2D eigenvalue weighted by atomic mass is 14.9.